The molecule has 3 N–H and O–H groups in total. The van der Waals surface area contributed by atoms with Gasteiger partial charge in [-0.15, -0.1) is 0 Å². The summed E-state index contributed by atoms with van der Waals surface area (Å²) in [5.41, 5.74) is 8.21. The number of methoxy groups -OCH3 is 2. The number of hydrazine groups is 1. The molecule has 0 bridgehead atoms. The number of nitrogens with one attached hydrogen (secondary N) is 3. The van der Waals surface area contributed by atoms with Gasteiger partial charge in [0.05, 0.1) is 26.2 Å². The molecule has 0 radical (unpaired) electrons. The molecule has 138 valence electrons. The van der Waals surface area contributed by atoms with Gasteiger partial charge in [-0.2, -0.15) is 0 Å². The van der Waals surface area contributed by atoms with Crippen LogP contribution in [0.5, 0.6) is 11.5 Å². The fraction of sp³-hybridized carbons (Fsp3) is 0.316. The molecule has 1 fully saturated rings. The minimum Gasteiger partial charge on any atom is -0.493 e. The summed E-state index contributed by atoms with van der Waals surface area (Å²) in [6.45, 7) is 1.01. The molecule has 2 atom stereocenters. The van der Waals surface area contributed by atoms with E-state index in [1.165, 1.54) is 0 Å². The minimum absolute atomic E-state index is 0.0164. The Bertz CT molecular complexity index is 767. The topological polar surface area (TPSA) is 71.6 Å². The molecule has 7 heteroatoms. The average Bonchev–Trinajstić information content (AvgIpc) is 3.16. The lowest BCUT2D eigenvalue weighted by atomic mass is 9.93. The van der Waals surface area contributed by atoms with Gasteiger partial charge in [-0.25, -0.2) is 5.43 Å². The zero-order valence-corrected chi connectivity index (χ0v) is 15.5. The van der Waals surface area contributed by atoms with Gasteiger partial charge in [0.25, 0.3) is 0 Å². The maximum atomic E-state index is 12.7. The van der Waals surface area contributed by atoms with Crippen molar-refractivity contribution in [1.82, 2.24) is 16.2 Å². The zero-order valence-electron chi connectivity index (χ0n) is 14.7. The van der Waals surface area contributed by atoms with Crippen LogP contribution in [0.2, 0.25) is 5.02 Å². The molecule has 1 aliphatic heterocycles. The molecule has 1 saturated heterocycles. The minimum atomic E-state index is -0.236. The van der Waals surface area contributed by atoms with E-state index in [0.29, 0.717) is 29.6 Å². The summed E-state index contributed by atoms with van der Waals surface area (Å²) < 4.78 is 10.6. The van der Waals surface area contributed by atoms with Crippen molar-refractivity contribution in [2.75, 3.05) is 20.8 Å². The maximum absolute atomic E-state index is 12.7. The van der Waals surface area contributed by atoms with Gasteiger partial charge >= 0.3 is 0 Å². The monoisotopic (exact) mass is 375 g/mol. The van der Waals surface area contributed by atoms with Crippen LogP contribution in [0.15, 0.2) is 42.5 Å². The molecule has 2 aromatic rings. The molecule has 0 spiro atoms. The van der Waals surface area contributed by atoms with E-state index in [0.717, 1.165) is 11.1 Å². The first-order valence-corrected chi connectivity index (χ1v) is 8.72. The van der Waals surface area contributed by atoms with Crippen LogP contribution in [0.25, 0.3) is 0 Å². The summed E-state index contributed by atoms with van der Waals surface area (Å²) in [6.07, 6.45) is 0. The summed E-state index contributed by atoms with van der Waals surface area (Å²) >= 11 is 5.89. The Morgan fingerprint density at radius 3 is 2.58 bits per heavy atom. The van der Waals surface area contributed by atoms with Gasteiger partial charge < -0.3 is 14.8 Å². The first-order chi connectivity index (χ1) is 12.6. The number of carbonyl (C=O) groups is 1. The smallest absolute Gasteiger partial charge is 0.226 e. The van der Waals surface area contributed by atoms with Crippen LogP contribution in [0.4, 0.5) is 0 Å². The largest absolute Gasteiger partial charge is 0.493 e. The lowest BCUT2D eigenvalue weighted by Gasteiger charge is -2.20. The van der Waals surface area contributed by atoms with Crippen molar-refractivity contribution in [1.29, 1.82) is 0 Å². The average molecular weight is 376 g/mol. The molecule has 1 heterocycles. The molecule has 3 rings (SSSR count). The second-order valence-corrected chi connectivity index (χ2v) is 6.50. The maximum Gasteiger partial charge on any atom is 0.226 e. The van der Waals surface area contributed by atoms with Crippen molar-refractivity contribution in [3.05, 3.63) is 58.6 Å². The SMILES string of the molecule is COc1ccc(C2NNCC2C(=O)NCc2ccc(Cl)cc2)cc1OC. The molecule has 0 aromatic heterocycles. The molecule has 6 nitrogen and oxygen atoms in total. The van der Waals surface area contributed by atoms with Crippen LogP contribution in [0, 0.1) is 5.92 Å². The number of amides is 1. The molecule has 26 heavy (non-hydrogen) atoms. The molecule has 0 saturated carbocycles. The zero-order chi connectivity index (χ0) is 18.5. The highest BCUT2D eigenvalue weighted by Crippen LogP contribution is 2.33. The third-order valence-corrected chi connectivity index (χ3v) is 4.72. The second kappa shape index (κ2) is 8.40. The summed E-state index contributed by atoms with van der Waals surface area (Å²) in [7, 11) is 3.19. The highest BCUT2D eigenvalue weighted by Gasteiger charge is 2.34. The number of hydrogen-bond acceptors (Lipinski definition) is 5. The van der Waals surface area contributed by atoms with Crippen LogP contribution in [-0.4, -0.2) is 26.7 Å². The van der Waals surface area contributed by atoms with E-state index in [2.05, 4.69) is 16.2 Å². The van der Waals surface area contributed by atoms with Crippen LogP contribution < -0.4 is 25.6 Å². The van der Waals surface area contributed by atoms with Crippen molar-refractivity contribution in [2.24, 2.45) is 5.92 Å². The fourth-order valence-electron chi connectivity index (χ4n) is 3.03. The van der Waals surface area contributed by atoms with Crippen LogP contribution in [0.3, 0.4) is 0 Å². The molecule has 0 aliphatic carbocycles. The summed E-state index contributed by atoms with van der Waals surface area (Å²) in [5, 5.41) is 3.67. The van der Waals surface area contributed by atoms with Crippen LogP contribution in [-0.2, 0) is 11.3 Å². The highest BCUT2D eigenvalue weighted by molar-refractivity contribution is 6.30. The Hall–Kier alpha value is -2.28. The van der Waals surface area contributed by atoms with Crippen LogP contribution in [0.1, 0.15) is 17.2 Å². The summed E-state index contributed by atoms with van der Waals surface area (Å²) in [5.74, 6) is 1.04. The molecule has 2 unspecified atom stereocenters. The Balaban J connectivity index is 1.69. The van der Waals surface area contributed by atoms with E-state index in [1.807, 2.05) is 42.5 Å². The normalized spacial score (nSPS) is 19.2. The van der Waals surface area contributed by atoms with Crippen molar-refractivity contribution < 1.29 is 14.3 Å². The number of halogens is 1. The molecular formula is C19H22ClN3O3. The van der Waals surface area contributed by atoms with E-state index in [4.69, 9.17) is 21.1 Å². The van der Waals surface area contributed by atoms with Gasteiger partial charge in [0, 0.05) is 18.1 Å². The Morgan fingerprint density at radius 2 is 1.88 bits per heavy atom. The van der Waals surface area contributed by atoms with Gasteiger partial charge in [-0.1, -0.05) is 29.8 Å². The Morgan fingerprint density at radius 1 is 1.15 bits per heavy atom. The molecule has 1 aliphatic rings. The number of benzene rings is 2. The predicted octanol–water partition coefficient (Wildman–Crippen LogP) is 2.44. The number of carbonyl (C=O) groups excluding carboxylic acids is 1. The number of rotatable bonds is 6. The fourth-order valence-corrected chi connectivity index (χ4v) is 3.15. The second-order valence-electron chi connectivity index (χ2n) is 6.07. The van der Waals surface area contributed by atoms with E-state index in [1.54, 1.807) is 14.2 Å². The van der Waals surface area contributed by atoms with E-state index >= 15 is 0 Å². The van der Waals surface area contributed by atoms with Gasteiger partial charge in [0.1, 0.15) is 0 Å². The third-order valence-electron chi connectivity index (χ3n) is 4.47. The molecule has 2 aromatic carbocycles. The highest BCUT2D eigenvalue weighted by atomic mass is 35.5. The van der Waals surface area contributed by atoms with E-state index in [9.17, 15) is 4.79 Å². The number of hydrogen-bond donors (Lipinski definition) is 3. The lowest BCUT2D eigenvalue weighted by molar-refractivity contribution is -0.125. The first kappa shape index (κ1) is 18.5. The quantitative estimate of drug-likeness (QED) is 0.723. The van der Waals surface area contributed by atoms with E-state index in [-0.39, 0.29) is 17.9 Å². The van der Waals surface area contributed by atoms with Gasteiger partial charge in [0.2, 0.25) is 5.91 Å². The lowest BCUT2D eigenvalue weighted by Crippen LogP contribution is -2.34. The standard InChI is InChI=1S/C19H22ClN3O3/c1-25-16-8-5-13(9-17(16)26-2)18-15(11-22-23-18)19(24)21-10-12-3-6-14(20)7-4-12/h3-9,15,18,22-23H,10-11H2,1-2H3,(H,21,24). The Kier molecular flexibility index (Phi) is 5.98. The van der Waals surface area contributed by atoms with Crippen molar-refractivity contribution in [2.45, 2.75) is 12.6 Å². The van der Waals surface area contributed by atoms with E-state index < -0.39 is 0 Å². The van der Waals surface area contributed by atoms with Crippen molar-refractivity contribution in [3.8, 4) is 11.5 Å². The predicted molar refractivity (Wildman–Crippen MR) is 100 cm³/mol. The van der Waals surface area contributed by atoms with Gasteiger partial charge in [-0.3, -0.25) is 10.2 Å². The first-order valence-electron chi connectivity index (χ1n) is 8.35. The summed E-state index contributed by atoms with van der Waals surface area (Å²) in [4.78, 5) is 12.7. The van der Waals surface area contributed by atoms with Gasteiger partial charge in [-0.05, 0) is 35.4 Å². The molecular weight excluding hydrogens is 354 g/mol. The van der Waals surface area contributed by atoms with Crippen molar-refractivity contribution >= 4 is 17.5 Å². The van der Waals surface area contributed by atoms with Crippen molar-refractivity contribution in [3.63, 3.8) is 0 Å². The number of ether oxygens (including phenoxy) is 2. The third kappa shape index (κ3) is 4.09. The van der Waals surface area contributed by atoms with Gasteiger partial charge in [0.15, 0.2) is 11.5 Å². The van der Waals surface area contributed by atoms with Crippen LogP contribution >= 0.6 is 11.6 Å². The molecule has 1 amide bonds. The Labute approximate surface area is 157 Å². The summed E-state index contributed by atoms with van der Waals surface area (Å²) in [6, 6.07) is 13.0.